The van der Waals surface area contributed by atoms with Gasteiger partial charge in [0.15, 0.2) is 0 Å². The zero-order chi connectivity index (χ0) is 19.6. The summed E-state index contributed by atoms with van der Waals surface area (Å²) in [5.41, 5.74) is 5.65. The van der Waals surface area contributed by atoms with E-state index in [2.05, 4.69) is 57.4 Å². The molecule has 0 atom stereocenters. The molecule has 5 rings (SSSR count). The zero-order valence-electron chi connectivity index (χ0n) is 17.0. The Morgan fingerprint density at radius 2 is 1.86 bits per heavy atom. The molecule has 152 valence electrons. The molecule has 0 spiro atoms. The molecule has 0 aliphatic carbocycles. The van der Waals surface area contributed by atoms with E-state index in [-0.39, 0.29) is 0 Å². The van der Waals surface area contributed by atoms with E-state index in [0.717, 1.165) is 5.02 Å². The molecule has 0 saturated carbocycles. The van der Waals surface area contributed by atoms with Crippen LogP contribution in [0.5, 0.6) is 0 Å². The SMILES string of the molecule is Clc1ccc2[nH]cc(C3CCN(CCCN4CCCc5ccccc54)CC3)c2c1. The number of rotatable bonds is 5. The monoisotopic (exact) mass is 407 g/mol. The number of para-hydroxylation sites is 1. The fourth-order valence-corrected chi connectivity index (χ4v) is 5.42. The van der Waals surface area contributed by atoms with E-state index in [1.54, 1.807) is 0 Å². The van der Waals surface area contributed by atoms with Gasteiger partial charge in [-0.2, -0.15) is 0 Å². The summed E-state index contributed by atoms with van der Waals surface area (Å²) in [5.74, 6) is 0.646. The molecular formula is C25H30ClN3. The third-order valence-electron chi connectivity index (χ3n) is 6.81. The van der Waals surface area contributed by atoms with Crippen molar-refractivity contribution in [3.63, 3.8) is 0 Å². The van der Waals surface area contributed by atoms with Crippen LogP contribution in [0.3, 0.4) is 0 Å². The number of hydrogen-bond acceptors (Lipinski definition) is 2. The normalized spacial score (nSPS) is 18.3. The number of anilines is 1. The maximum Gasteiger partial charge on any atom is 0.0457 e. The van der Waals surface area contributed by atoms with Gasteiger partial charge in [0.05, 0.1) is 0 Å². The molecule has 0 bridgehead atoms. The van der Waals surface area contributed by atoms with Crippen LogP contribution >= 0.6 is 11.6 Å². The Labute approximate surface area is 178 Å². The van der Waals surface area contributed by atoms with Crippen LogP contribution in [0.4, 0.5) is 5.69 Å². The van der Waals surface area contributed by atoms with Crippen molar-refractivity contribution in [3.05, 3.63) is 64.8 Å². The van der Waals surface area contributed by atoms with Crippen LogP contribution in [-0.4, -0.2) is 42.6 Å². The molecule has 1 saturated heterocycles. The van der Waals surface area contributed by atoms with E-state index in [1.807, 2.05) is 6.07 Å². The number of nitrogens with zero attached hydrogens (tertiary/aromatic N) is 2. The Morgan fingerprint density at radius 1 is 1.00 bits per heavy atom. The minimum absolute atomic E-state index is 0.646. The maximum absolute atomic E-state index is 6.24. The van der Waals surface area contributed by atoms with Gasteiger partial charge in [-0.05, 0) is 93.0 Å². The van der Waals surface area contributed by atoms with Crippen LogP contribution in [0.2, 0.25) is 5.02 Å². The average molecular weight is 408 g/mol. The van der Waals surface area contributed by atoms with Crippen molar-refractivity contribution < 1.29 is 0 Å². The van der Waals surface area contributed by atoms with Gasteiger partial charge in [-0.15, -0.1) is 0 Å². The van der Waals surface area contributed by atoms with Crippen LogP contribution in [0.1, 0.15) is 42.7 Å². The van der Waals surface area contributed by atoms with E-state index < -0.39 is 0 Å². The van der Waals surface area contributed by atoms with E-state index in [9.17, 15) is 0 Å². The lowest BCUT2D eigenvalue weighted by Crippen LogP contribution is -2.36. The first-order chi connectivity index (χ1) is 14.3. The highest BCUT2D eigenvalue weighted by atomic mass is 35.5. The van der Waals surface area contributed by atoms with Crippen molar-refractivity contribution in [1.82, 2.24) is 9.88 Å². The van der Waals surface area contributed by atoms with Gasteiger partial charge in [-0.25, -0.2) is 0 Å². The lowest BCUT2D eigenvalue weighted by Gasteiger charge is -2.34. The molecule has 1 aromatic heterocycles. The van der Waals surface area contributed by atoms with Crippen LogP contribution in [0, 0.1) is 0 Å². The van der Waals surface area contributed by atoms with Crippen molar-refractivity contribution in [3.8, 4) is 0 Å². The lowest BCUT2D eigenvalue weighted by atomic mass is 9.89. The highest BCUT2D eigenvalue weighted by Gasteiger charge is 2.23. The molecule has 2 aliphatic heterocycles. The predicted molar refractivity (Wildman–Crippen MR) is 123 cm³/mol. The molecule has 4 heteroatoms. The summed E-state index contributed by atoms with van der Waals surface area (Å²) >= 11 is 6.24. The molecule has 0 unspecified atom stereocenters. The van der Waals surface area contributed by atoms with Crippen molar-refractivity contribution >= 4 is 28.2 Å². The number of hydrogen-bond donors (Lipinski definition) is 1. The van der Waals surface area contributed by atoms with Crippen molar-refractivity contribution in [1.29, 1.82) is 0 Å². The number of benzene rings is 2. The number of halogens is 1. The van der Waals surface area contributed by atoms with Crippen molar-refractivity contribution in [2.75, 3.05) is 37.6 Å². The van der Waals surface area contributed by atoms with Crippen molar-refractivity contribution in [2.24, 2.45) is 0 Å². The maximum atomic E-state index is 6.24. The lowest BCUT2D eigenvalue weighted by molar-refractivity contribution is 0.211. The molecule has 3 heterocycles. The second-order valence-electron chi connectivity index (χ2n) is 8.62. The van der Waals surface area contributed by atoms with Gasteiger partial charge >= 0.3 is 0 Å². The quantitative estimate of drug-likeness (QED) is 0.573. The minimum Gasteiger partial charge on any atom is -0.371 e. The smallest absolute Gasteiger partial charge is 0.0457 e. The van der Waals surface area contributed by atoms with Gasteiger partial charge < -0.3 is 14.8 Å². The molecule has 2 aromatic carbocycles. The first-order valence-electron chi connectivity index (χ1n) is 11.1. The Hall–Kier alpha value is -1.97. The summed E-state index contributed by atoms with van der Waals surface area (Å²) in [6.07, 6.45) is 8.46. The topological polar surface area (TPSA) is 22.3 Å². The van der Waals surface area contributed by atoms with Gasteiger partial charge in [-0.3, -0.25) is 0 Å². The van der Waals surface area contributed by atoms with Crippen LogP contribution < -0.4 is 4.90 Å². The molecule has 0 amide bonds. The van der Waals surface area contributed by atoms with Gasteiger partial charge in [-0.1, -0.05) is 29.8 Å². The molecule has 3 aromatic rings. The van der Waals surface area contributed by atoms with Crippen LogP contribution in [0.25, 0.3) is 10.9 Å². The summed E-state index contributed by atoms with van der Waals surface area (Å²) in [5, 5.41) is 2.13. The molecule has 0 radical (unpaired) electrons. The number of aromatic amines is 1. The summed E-state index contributed by atoms with van der Waals surface area (Å²) < 4.78 is 0. The fourth-order valence-electron chi connectivity index (χ4n) is 5.25. The summed E-state index contributed by atoms with van der Waals surface area (Å²) in [6.45, 7) is 6.01. The largest absolute Gasteiger partial charge is 0.371 e. The zero-order valence-corrected chi connectivity index (χ0v) is 17.8. The number of fused-ring (bicyclic) bond motifs is 2. The van der Waals surface area contributed by atoms with Crippen molar-refractivity contribution in [2.45, 2.75) is 38.0 Å². The Bertz CT molecular complexity index is 971. The predicted octanol–water partition coefficient (Wildman–Crippen LogP) is 5.84. The number of aromatic nitrogens is 1. The molecule has 2 aliphatic rings. The van der Waals surface area contributed by atoms with Gasteiger partial charge in [0.25, 0.3) is 0 Å². The number of likely N-dealkylation sites (tertiary alicyclic amines) is 1. The number of nitrogens with one attached hydrogen (secondary N) is 1. The highest BCUT2D eigenvalue weighted by molar-refractivity contribution is 6.31. The number of aryl methyl sites for hydroxylation is 1. The summed E-state index contributed by atoms with van der Waals surface area (Å²) in [7, 11) is 0. The van der Waals surface area contributed by atoms with Gasteiger partial charge in [0, 0.05) is 40.9 Å². The van der Waals surface area contributed by atoms with Gasteiger partial charge in [0.1, 0.15) is 0 Å². The van der Waals surface area contributed by atoms with Crippen LogP contribution in [-0.2, 0) is 6.42 Å². The van der Waals surface area contributed by atoms with E-state index in [1.165, 1.54) is 92.5 Å². The highest BCUT2D eigenvalue weighted by Crippen LogP contribution is 2.34. The van der Waals surface area contributed by atoms with E-state index >= 15 is 0 Å². The molecule has 1 fully saturated rings. The molecular weight excluding hydrogens is 378 g/mol. The summed E-state index contributed by atoms with van der Waals surface area (Å²) in [4.78, 5) is 8.68. The molecule has 1 N–H and O–H groups in total. The van der Waals surface area contributed by atoms with Crippen LogP contribution in [0.15, 0.2) is 48.7 Å². The van der Waals surface area contributed by atoms with Gasteiger partial charge in [0.2, 0.25) is 0 Å². The standard InChI is InChI=1S/C25H30ClN3/c26-21-8-9-24-22(17-21)23(18-27-24)19-10-15-28(16-11-19)12-4-14-29-13-3-6-20-5-1-2-7-25(20)29/h1-2,5,7-9,17-19,27H,3-4,6,10-16H2. The minimum atomic E-state index is 0.646. The molecule has 3 nitrogen and oxygen atoms in total. The molecule has 29 heavy (non-hydrogen) atoms. The first kappa shape index (κ1) is 19.0. The van der Waals surface area contributed by atoms with E-state index in [0.29, 0.717) is 5.92 Å². The second-order valence-corrected chi connectivity index (χ2v) is 9.06. The number of piperidine rings is 1. The third-order valence-corrected chi connectivity index (χ3v) is 7.05. The number of H-pyrrole nitrogens is 1. The Morgan fingerprint density at radius 3 is 2.76 bits per heavy atom. The third kappa shape index (κ3) is 4.04. The average Bonchev–Trinajstić information content (AvgIpc) is 3.17. The summed E-state index contributed by atoms with van der Waals surface area (Å²) in [6, 6.07) is 15.1. The fraction of sp³-hybridized carbons (Fsp3) is 0.440. The van der Waals surface area contributed by atoms with E-state index in [4.69, 9.17) is 11.6 Å². The Balaban J connectivity index is 1.14. The Kier molecular flexibility index (Phi) is 5.52. The second kappa shape index (κ2) is 8.41. The first-order valence-corrected chi connectivity index (χ1v) is 11.5.